The lowest BCUT2D eigenvalue weighted by Gasteiger charge is -2.11. The van der Waals surface area contributed by atoms with Crippen LogP contribution in [0.5, 0.6) is 11.5 Å². The molecule has 1 N–H and O–H groups in total. The van der Waals surface area contributed by atoms with Gasteiger partial charge in [0.2, 0.25) is 0 Å². The van der Waals surface area contributed by atoms with Crippen LogP contribution in [0.4, 0.5) is 0 Å². The fourth-order valence-electron chi connectivity index (χ4n) is 1.47. The molecule has 0 amide bonds. The molecule has 0 fully saturated rings. The number of carboxylic acids is 1. The smallest absolute Gasteiger partial charge is 0.376 e. The molecule has 5 heteroatoms. The van der Waals surface area contributed by atoms with Crippen LogP contribution in [0.15, 0.2) is 24.3 Å². The summed E-state index contributed by atoms with van der Waals surface area (Å²) in [7, 11) is 0. The average molecular weight is 278 g/mol. The number of aliphatic carboxylic acids is 1. The van der Waals surface area contributed by atoms with E-state index in [1.165, 1.54) is 6.08 Å². The summed E-state index contributed by atoms with van der Waals surface area (Å²) in [6.07, 6.45) is 3.34. The Morgan fingerprint density at radius 2 is 1.95 bits per heavy atom. The van der Waals surface area contributed by atoms with Crippen molar-refractivity contribution in [2.24, 2.45) is 0 Å². The second-order valence-corrected chi connectivity index (χ2v) is 3.99. The van der Waals surface area contributed by atoms with Gasteiger partial charge in [0.05, 0.1) is 13.2 Å². The normalized spacial score (nSPS) is 10.5. The molecule has 1 rings (SSSR count). The Hall–Kier alpha value is -2.30. The van der Waals surface area contributed by atoms with E-state index in [-0.39, 0.29) is 0 Å². The van der Waals surface area contributed by atoms with Crippen LogP contribution in [0.3, 0.4) is 0 Å². The van der Waals surface area contributed by atoms with Gasteiger partial charge in [0, 0.05) is 0 Å². The molecule has 0 atom stereocenters. The fraction of sp³-hybridized carbons (Fsp3) is 0.333. The van der Waals surface area contributed by atoms with Crippen molar-refractivity contribution in [3.05, 3.63) is 29.8 Å². The third kappa shape index (κ3) is 4.76. The first kappa shape index (κ1) is 15.8. The first-order valence-electron chi connectivity index (χ1n) is 6.43. The number of carbonyl (C=O) groups excluding carboxylic acids is 1. The molecule has 0 saturated heterocycles. The molecule has 0 aliphatic rings. The van der Waals surface area contributed by atoms with Gasteiger partial charge < -0.3 is 14.6 Å². The maximum atomic E-state index is 11.0. The highest BCUT2D eigenvalue weighted by Gasteiger charge is 2.08. The van der Waals surface area contributed by atoms with Gasteiger partial charge in [-0.25, -0.2) is 4.79 Å². The molecule has 0 heterocycles. The van der Waals surface area contributed by atoms with Gasteiger partial charge in [-0.1, -0.05) is 19.1 Å². The molecule has 0 spiro atoms. The number of carboxylic acid groups (broad SMARTS) is 1. The number of ether oxygens (including phenoxy) is 2. The van der Waals surface area contributed by atoms with Crippen LogP contribution in [0.2, 0.25) is 0 Å². The summed E-state index contributed by atoms with van der Waals surface area (Å²) < 4.78 is 11.0. The first-order chi connectivity index (χ1) is 9.58. The van der Waals surface area contributed by atoms with Crippen LogP contribution in [0.1, 0.15) is 25.8 Å². The van der Waals surface area contributed by atoms with E-state index in [0.717, 1.165) is 12.5 Å². The van der Waals surface area contributed by atoms with Crippen LogP contribution >= 0.6 is 0 Å². The number of hydrogen-bond donors (Lipinski definition) is 1. The second-order valence-electron chi connectivity index (χ2n) is 3.99. The predicted octanol–water partition coefficient (Wildman–Crippen LogP) is 2.54. The summed E-state index contributed by atoms with van der Waals surface area (Å²) in [6.45, 7) is 4.95. The standard InChI is InChI=1S/C15H18O5/c1-3-9-20-13-8-6-11(10-14(13)19-4-2)5-7-12(16)15(17)18/h5-8,10H,3-4,9H2,1-2H3,(H,17,18)/b7-5+. The summed E-state index contributed by atoms with van der Waals surface area (Å²) in [5.41, 5.74) is 0.673. The van der Waals surface area contributed by atoms with Crippen molar-refractivity contribution >= 4 is 17.8 Å². The minimum atomic E-state index is -1.48. The molecule has 5 nitrogen and oxygen atoms in total. The van der Waals surface area contributed by atoms with Crippen molar-refractivity contribution in [1.29, 1.82) is 0 Å². The number of rotatable bonds is 8. The highest BCUT2D eigenvalue weighted by Crippen LogP contribution is 2.29. The lowest BCUT2D eigenvalue weighted by atomic mass is 10.1. The lowest BCUT2D eigenvalue weighted by molar-refractivity contribution is -0.146. The number of ketones is 1. The zero-order valence-corrected chi connectivity index (χ0v) is 11.6. The first-order valence-corrected chi connectivity index (χ1v) is 6.43. The van der Waals surface area contributed by atoms with Crippen molar-refractivity contribution < 1.29 is 24.2 Å². The Kier molecular flexibility index (Phi) is 6.29. The van der Waals surface area contributed by atoms with Gasteiger partial charge in [0.1, 0.15) is 0 Å². The quantitative estimate of drug-likeness (QED) is 0.584. The summed E-state index contributed by atoms with van der Waals surface area (Å²) in [4.78, 5) is 21.4. The molecular formula is C15H18O5. The molecule has 0 bridgehead atoms. The van der Waals surface area contributed by atoms with Gasteiger partial charge in [0.25, 0.3) is 5.78 Å². The van der Waals surface area contributed by atoms with Crippen molar-refractivity contribution in [3.63, 3.8) is 0 Å². The summed E-state index contributed by atoms with van der Waals surface area (Å²) in [6, 6.07) is 5.19. The Balaban J connectivity index is 2.91. The van der Waals surface area contributed by atoms with Crippen LogP contribution < -0.4 is 9.47 Å². The van der Waals surface area contributed by atoms with Gasteiger partial charge in [0.15, 0.2) is 11.5 Å². The minimum Gasteiger partial charge on any atom is -0.490 e. The van der Waals surface area contributed by atoms with E-state index in [2.05, 4.69) is 0 Å². The molecule has 0 unspecified atom stereocenters. The lowest BCUT2D eigenvalue weighted by Crippen LogP contribution is -2.08. The molecule has 1 aromatic rings. The molecule has 20 heavy (non-hydrogen) atoms. The zero-order chi connectivity index (χ0) is 15.0. The maximum Gasteiger partial charge on any atom is 0.376 e. The SMILES string of the molecule is CCCOc1ccc(/C=C/C(=O)C(=O)O)cc1OCC. The molecule has 1 aromatic carbocycles. The van der Waals surface area contributed by atoms with E-state index in [4.69, 9.17) is 14.6 Å². The van der Waals surface area contributed by atoms with Crippen LogP contribution in [0, 0.1) is 0 Å². The molecular weight excluding hydrogens is 260 g/mol. The Bertz CT molecular complexity index is 505. The van der Waals surface area contributed by atoms with Crippen LogP contribution in [-0.2, 0) is 9.59 Å². The van der Waals surface area contributed by atoms with E-state index in [1.807, 2.05) is 13.8 Å². The highest BCUT2D eigenvalue weighted by molar-refractivity contribution is 6.38. The zero-order valence-electron chi connectivity index (χ0n) is 11.6. The Labute approximate surface area is 117 Å². The third-order valence-corrected chi connectivity index (χ3v) is 2.37. The Morgan fingerprint density at radius 1 is 1.20 bits per heavy atom. The summed E-state index contributed by atoms with van der Waals surface area (Å²) in [5, 5.41) is 8.49. The molecule has 0 aromatic heterocycles. The minimum absolute atomic E-state index is 0.490. The van der Waals surface area contributed by atoms with Gasteiger partial charge in [-0.05, 0) is 37.1 Å². The van der Waals surface area contributed by atoms with Gasteiger partial charge in [-0.15, -0.1) is 0 Å². The van der Waals surface area contributed by atoms with Gasteiger partial charge in [-0.3, -0.25) is 4.79 Å². The van der Waals surface area contributed by atoms with Crippen LogP contribution in [0.25, 0.3) is 6.08 Å². The van der Waals surface area contributed by atoms with E-state index in [1.54, 1.807) is 18.2 Å². The van der Waals surface area contributed by atoms with Crippen molar-refractivity contribution in [1.82, 2.24) is 0 Å². The number of benzene rings is 1. The summed E-state index contributed by atoms with van der Waals surface area (Å²) in [5.74, 6) is -1.23. The van der Waals surface area contributed by atoms with Gasteiger partial charge >= 0.3 is 5.97 Å². The molecule has 108 valence electrons. The van der Waals surface area contributed by atoms with Crippen molar-refractivity contribution in [2.45, 2.75) is 20.3 Å². The Morgan fingerprint density at radius 3 is 2.55 bits per heavy atom. The third-order valence-electron chi connectivity index (χ3n) is 2.37. The predicted molar refractivity (Wildman–Crippen MR) is 75.1 cm³/mol. The van der Waals surface area contributed by atoms with E-state index < -0.39 is 11.8 Å². The monoisotopic (exact) mass is 278 g/mol. The maximum absolute atomic E-state index is 11.0. The molecule has 0 radical (unpaired) electrons. The highest BCUT2D eigenvalue weighted by atomic mass is 16.5. The van der Waals surface area contributed by atoms with Crippen molar-refractivity contribution in [3.8, 4) is 11.5 Å². The van der Waals surface area contributed by atoms with E-state index >= 15 is 0 Å². The average Bonchev–Trinajstić information content (AvgIpc) is 2.44. The molecule has 0 aliphatic carbocycles. The molecule has 0 saturated carbocycles. The number of hydrogen-bond acceptors (Lipinski definition) is 4. The largest absolute Gasteiger partial charge is 0.490 e. The van der Waals surface area contributed by atoms with Gasteiger partial charge in [-0.2, -0.15) is 0 Å². The van der Waals surface area contributed by atoms with Crippen molar-refractivity contribution in [2.75, 3.05) is 13.2 Å². The molecule has 0 aliphatic heterocycles. The van der Waals surface area contributed by atoms with Crippen LogP contribution in [-0.4, -0.2) is 30.1 Å². The fourth-order valence-corrected chi connectivity index (χ4v) is 1.47. The summed E-state index contributed by atoms with van der Waals surface area (Å²) >= 11 is 0. The van der Waals surface area contributed by atoms with E-state index in [0.29, 0.717) is 30.3 Å². The topological polar surface area (TPSA) is 72.8 Å². The second kappa shape index (κ2) is 7.99. The number of carbonyl (C=O) groups is 2. The van der Waals surface area contributed by atoms with E-state index in [9.17, 15) is 9.59 Å².